The Kier molecular flexibility index (Phi) is 3.79. The number of halogens is 2. The Balaban J connectivity index is 2.10. The molecule has 0 bridgehead atoms. The van der Waals surface area contributed by atoms with Gasteiger partial charge in [-0.3, -0.25) is 4.79 Å². The van der Waals surface area contributed by atoms with Crippen LogP contribution in [0.5, 0.6) is 0 Å². The first-order valence-corrected chi connectivity index (χ1v) is 6.74. The van der Waals surface area contributed by atoms with Crippen molar-refractivity contribution in [3.8, 4) is 0 Å². The molecular weight excluding hydrogens is 255 g/mol. The molecule has 1 aromatic rings. The van der Waals surface area contributed by atoms with E-state index in [0.29, 0.717) is 22.2 Å². The molecule has 0 saturated heterocycles. The number of Topliss-reactive ketones (excluding diaryl/α,β-unsaturated/α-hetero) is 1. The van der Waals surface area contributed by atoms with E-state index in [9.17, 15) is 4.79 Å². The molecule has 17 heavy (non-hydrogen) atoms. The fourth-order valence-corrected chi connectivity index (χ4v) is 2.80. The molecule has 1 nitrogen and oxygen atoms in total. The maximum atomic E-state index is 12.3. The maximum absolute atomic E-state index is 12.3. The third kappa shape index (κ3) is 2.83. The summed E-state index contributed by atoms with van der Waals surface area (Å²) >= 11 is 11.8. The SMILES string of the molecule is CC1(C(=O)Cc2ccc(Cl)c(Cl)c2)CCCC1. The van der Waals surface area contributed by atoms with Crippen molar-refractivity contribution in [2.45, 2.75) is 39.0 Å². The molecule has 2 rings (SSSR count). The van der Waals surface area contributed by atoms with E-state index < -0.39 is 0 Å². The predicted octanol–water partition coefficient (Wildman–Crippen LogP) is 4.69. The van der Waals surface area contributed by atoms with Crippen LogP contribution in [0.15, 0.2) is 18.2 Å². The smallest absolute Gasteiger partial charge is 0.143 e. The van der Waals surface area contributed by atoms with Crippen LogP contribution >= 0.6 is 23.2 Å². The summed E-state index contributed by atoms with van der Waals surface area (Å²) in [4.78, 5) is 12.3. The molecule has 92 valence electrons. The van der Waals surface area contributed by atoms with Gasteiger partial charge in [0.2, 0.25) is 0 Å². The fraction of sp³-hybridized carbons (Fsp3) is 0.500. The highest BCUT2D eigenvalue weighted by atomic mass is 35.5. The molecule has 1 aromatic carbocycles. The summed E-state index contributed by atoms with van der Waals surface area (Å²) in [5.74, 6) is 0.327. The fourth-order valence-electron chi connectivity index (χ4n) is 2.48. The van der Waals surface area contributed by atoms with Gasteiger partial charge in [-0.1, -0.05) is 49.0 Å². The van der Waals surface area contributed by atoms with E-state index in [2.05, 4.69) is 6.92 Å². The first-order chi connectivity index (χ1) is 8.01. The lowest BCUT2D eigenvalue weighted by Gasteiger charge is -2.21. The van der Waals surface area contributed by atoms with Gasteiger partial charge >= 0.3 is 0 Å². The lowest BCUT2D eigenvalue weighted by atomic mass is 9.81. The van der Waals surface area contributed by atoms with E-state index in [0.717, 1.165) is 18.4 Å². The van der Waals surface area contributed by atoms with Crippen molar-refractivity contribution in [1.82, 2.24) is 0 Å². The van der Waals surface area contributed by atoms with E-state index in [1.165, 1.54) is 12.8 Å². The number of carbonyl (C=O) groups excluding carboxylic acids is 1. The molecule has 1 saturated carbocycles. The van der Waals surface area contributed by atoms with Crippen LogP contribution in [0.4, 0.5) is 0 Å². The van der Waals surface area contributed by atoms with Crippen LogP contribution < -0.4 is 0 Å². The molecule has 1 aliphatic carbocycles. The topological polar surface area (TPSA) is 17.1 Å². The van der Waals surface area contributed by atoms with Crippen molar-refractivity contribution >= 4 is 29.0 Å². The normalized spacial score (nSPS) is 18.3. The summed E-state index contributed by atoms with van der Waals surface area (Å²) in [6.45, 7) is 2.08. The van der Waals surface area contributed by atoms with Crippen molar-refractivity contribution < 1.29 is 4.79 Å². The van der Waals surface area contributed by atoms with Crippen molar-refractivity contribution in [2.24, 2.45) is 5.41 Å². The minimum absolute atomic E-state index is 0.119. The second kappa shape index (κ2) is 4.99. The Morgan fingerprint density at radius 3 is 2.47 bits per heavy atom. The van der Waals surface area contributed by atoms with Crippen molar-refractivity contribution in [2.75, 3.05) is 0 Å². The van der Waals surface area contributed by atoms with Gasteiger partial charge in [-0.05, 0) is 30.5 Å². The van der Waals surface area contributed by atoms with Crippen LogP contribution in [0.25, 0.3) is 0 Å². The first-order valence-electron chi connectivity index (χ1n) is 5.98. The van der Waals surface area contributed by atoms with Gasteiger partial charge in [-0.15, -0.1) is 0 Å². The number of hydrogen-bond acceptors (Lipinski definition) is 1. The van der Waals surface area contributed by atoms with Gasteiger partial charge in [0.1, 0.15) is 5.78 Å². The van der Waals surface area contributed by atoms with E-state index in [1.807, 2.05) is 6.07 Å². The van der Waals surface area contributed by atoms with Crippen molar-refractivity contribution in [3.63, 3.8) is 0 Å². The van der Waals surface area contributed by atoms with Crippen LogP contribution in [0.1, 0.15) is 38.2 Å². The molecular formula is C14H16Cl2O. The molecule has 1 fully saturated rings. The standard InChI is InChI=1S/C14H16Cl2O/c1-14(6-2-3-7-14)13(17)9-10-4-5-11(15)12(16)8-10/h4-5,8H,2-3,6-7,9H2,1H3. The zero-order valence-corrected chi connectivity index (χ0v) is 11.4. The average molecular weight is 271 g/mol. The third-order valence-electron chi connectivity index (χ3n) is 3.73. The van der Waals surface area contributed by atoms with Crippen LogP contribution in [0.3, 0.4) is 0 Å². The number of rotatable bonds is 3. The molecule has 1 aliphatic rings. The van der Waals surface area contributed by atoms with Crippen LogP contribution in [0.2, 0.25) is 10.0 Å². The summed E-state index contributed by atoms with van der Waals surface area (Å²) in [5.41, 5.74) is 0.837. The van der Waals surface area contributed by atoms with Gasteiger partial charge in [-0.2, -0.15) is 0 Å². The van der Waals surface area contributed by atoms with Gasteiger partial charge in [-0.25, -0.2) is 0 Å². The second-order valence-corrected chi connectivity index (χ2v) is 5.93. The summed E-state index contributed by atoms with van der Waals surface area (Å²) in [6.07, 6.45) is 4.85. The van der Waals surface area contributed by atoms with Gasteiger partial charge in [0.15, 0.2) is 0 Å². The molecule has 0 unspecified atom stereocenters. The Hall–Kier alpha value is -0.530. The van der Waals surface area contributed by atoms with E-state index in [4.69, 9.17) is 23.2 Å². The number of ketones is 1. The van der Waals surface area contributed by atoms with Gasteiger partial charge in [0.25, 0.3) is 0 Å². The summed E-state index contributed by atoms with van der Waals surface area (Å²) in [6, 6.07) is 5.42. The molecule has 0 aliphatic heterocycles. The van der Waals surface area contributed by atoms with Crippen molar-refractivity contribution in [1.29, 1.82) is 0 Å². The molecule has 0 atom stereocenters. The van der Waals surface area contributed by atoms with Gasteiger partial charge in [0, 0.05) is 11.8 Å². The van der Waals surface area contributed by atoms with Gasteiger partial charge < -0.3 is 0 Å². The first kappa shape index (κ1) is 12.9. The molecule has 0 heterocycles. The number of carbonyl (C=O) groups is 1. The molecule has 0 amide bonds. The van der Waals surface area contributed by atoms with E-state index >= 15 is 0 Å². The highest BCUT2D eigenvalue weighted by Gasteiger charge is 2.35. The molecule has 0 N–H and O–H groups in total. The number of hydrogen-bond donors (Lipinski definition) is 0. The second-order valence-electron chi connectivity index (χ2n) is 5.12. The van der Waals surface area contributed by atoms with Crippen LogP contribution in [0, 0.1) is 5.41 Å². The highest BCUT2D eigenvalue weighted by molar-refractivity contribution is 6.42. The van der Waals surface area contributed by atoms with Crippen molar-refractivity contribution in [3.05, 3.63) is 33.8 Å². The molecule has 0 spiro atoms. The maximum Gasteiger partial charge on any atom is 0.143 e. The molecule has 0 radical (unpaired) electrons. The third-order valence-corrected chi connectivity index (χ3v) is 4.47. The summed E-state index contributed by atoms with van der Waals surface area (Å²) in [5, 5.41) is 1.06. The molecule has 0 aromatic heterocycles. The lowest BCUT2D eigenvalue weighted by Crippen LogP contribution is -2.25. The van der Waals surface area contributed by atoms with Crippen LogP contribution in [-0.4, -0.2) is 5.78 Å². The minimum atomic E-state index is -0.119. The van der Waals surface area contributed by atoms with Crippen LogP contribution in [-0.2, 0) is 11.2 Å². The molecule has 3 heteroatoms. The Labute approximate surface area is 112 Å². The summed E-state index contributed by atoms with van der Waals surface area (Å²) < 4.78 is 0. The summed E-state index contributed by atoms with van der Waals surface area (Å²) in [7, 11) is 0. The number of benzene rings is 1. The zero-order chi connectivity index (χ0) is 12.5. The largest absolute Gasteiger partial charge is 0.299 e. The Morgan fingerprint density at radius 1 is 1.24 bits per heavy atom. The predicted molar refractivity (Wildman–Crippen MR) is 71.7 cm³/mol. The average Bonchev–Trinajstić information content (AvgIpc) is 2.72. The van der Waals surface area contributed by atoms with E-state index in [-0.39, 0.29) is 5.41 Å². The Bertz CT molecular complexity index is 434. The zero-order valence-electron chi connectivity index (χ0n) is 9.93. The lowest BCUT2D eigenvalue weighted by molar-refractivity contribution is -0.126. The minimum Gasteiger partial charge on any atom is -0.299 e. The quantitative estimate of drug-likeness (QED) is 0.779. The Morgan fingerprint density at radius 2 is 1.88 bits per heavy atom. The van der Waals surface area contributed by atoms with E-state index in [1.54, 1.807) is 12.1 Å². The van der Waals surface area contributed by atoms with Gasteiger partial charge in [0.05, 0.1) is 10.0 Å². The monoisotopic (exact) mass is 270 g/mol. The highest BCUT2D eigenvalue weighted by Crippen LogP contribution is 2.39.